The Morgan fingerprint density at radius 1 is 0.514 bits per heavy atom. The third kappa shape index (κ3) is 4.35. The van der Waals surface area contributed by atoms with Crippen LogP contribution in [0.15, 0.2) is 72.8 Å². The van der Waals surface area contributed by atoms with Crippen molar-refractivity contribution in [3.8, 4) is 11.1 Å². The fourth-order valence-corrected chi connectivity index (χ4v) is 6.49. The molecule has 0 heterocycles. The van der Waals surface area contributed by atoms with Gasteiger partial charge in [-0.05, 0) is 109 Å². The minimum atomic E-state index is -0.315. The van der Waals surface area contributed by atoms with Gasteiger partial charge >= 0.3 is 0 Å². The van der Waals surface area contributed by atoms with Crippen molar-refractivity contribution in [1.82, 2.24) is 0 Å². The van der Waals surface area contributed by atoms with Crippen molar-refractivity contribution >= 4 is 0 Å². The van der Waals surface area contributed by atoms with Gasteiger partial charge in [-0.1, -0.05) is 111 Å². The molecular formula is C37H42. The summed E-state index contributed by atoms with van der Waals surface area (Å²) < 4.78 is 0. The first-order valence-electron chi connectivity index (χ1n) is 14.3. The molecule has 1 aliphatic carbocycles. The van der Waals surface area contributed by atoms with Crippen LogP contribution in [0.5, 0.6) is 0 Å². The summed E-state index contributed by atoms with van der Waals surface area (Å²) in [6.07, 6.45) is 7.27. The molecule has 4 aromatic carbocycles. The number of benzene rings is 4. The van der Waals surface area contributed by atoms with E-state index in [0.717, 1.165) is 12.8 Å². The molecule has 0 unspecified atom stereocenters. The van der Waals surface area contributed by atoms with Crippen molar-refractivity contribution in [3.05, 3.63) is 128 Å². The fourth-order valence-electron chi connectivity index (χ4n) is 6.49. The monoisotopic (exact) mass is 486 g/mol. The van der Waals surface area contributed by atoms with Crippen LogP contribution in [0.2, 0.25) is 0 Å². The normalized spacial score (nSPS) is 13.5. The molecule has 0 heteroatoms. The lowest BCUT2D eigenvalue weighted by Crippen LogP contribution is -2.29. The standard InChI is InChI=1S/C37H42/c1-7-9-11-29-15-17-31(23-27(29)5)37(32-18-16-30(12-10-8-2)28(6)24-32)35-21-25(3)13-19-33(35)34-20-14-26(4)22-36(34)37/h13-24H,7-12H2,1-6H3. The summed E-state index contributed by atoms with van der Waals surface area (Å²) in [4.78, 5) is 0. The summed E-state index contributed by atoms with van der Waals surface area (Å²) in [5.74, 6) is 0. The summed E-state index contributed by atoms with van der Waals surface area (Å²) >= 11 is 0. The minimum Gasteiger partial charge on any atom is -0.0654 e. The van der Waals surface area contributed by atoms with Crippen LogP contribution in [0, 0.1) is 27.7 Å². The van der Waals surface area contributed by atoms with Crippen molar-refractivity contribution in [2.24, 2.45) is 0 Å². The van der Waals surface area contributed by atoms with Crippen LogP contribution in [0.3, 0.4) is 0 Å². The molecule has 0 spiro atoms. The minimum absolute atomic E-state index is 0.315. The third-order valence-corrected chi connectivity index (χ3v) is 8.60. The highest BCUT2D eigenvalue weighted by Crippen LogP contribution is 2.56. The maximum atomic E-state index is 2.49. The molecule has 0 aliphatic heterocycles. The smallest absolute Gasteiger partial charge is 0.0654 e. The van der Waals surface area contributed by atoms with E-state index in [2.05, 4.69) is 114 Å². The van der Waals surface area contributed by atoms with Crippen molar-refractivity contribution in [1.29, 1.82) is 0 Å². The van der Waals surface area contributed by atoms with Crippen LogP contribution in [-0.4, -0.2) is 0 Å². The van der Waals surface area contributed by atoms with Crippen LogP contribution in [0.25, 0.3) is 11.1 Å². The van der Waals surface area contributed by atoms with Gasteiger partial charge in [0.1, 0.15) is 0 Å². The van der Waals surface area contributed by atoms with Crippen LogP contribution in [0.1, 0.15) is 95.2 Å². The quantitative estimate of drug-likeness (QED) is 0.205. The number of rotatable bonds is 8. The molecule has 1 aliphatic rings. The largest absolute Gasteiger partial charge is 0.0713 e. The van der Waals surface area contributed by atoms with Gasteiger partial charge in [0.15, 0.2) is 0 Å². The summed E-state index contributed by atoms with van der Waals surface area (Å²) in [5.41, 5.74) is 16.5. The first-order chi connectivity index (χ1) is 17.9. The third-order valence-electron chi connectivity index (χ3n) is 8.60. The lowest BCUT2D eigenvalue weighted by molar-refractivity contribution is 0.753. The number of unbranched alkanes of at least 4 members (excludes halogenated alkanes) is 2. The summed E-state index contributed by atoms with van der Waals surface area (Å²) in [7, 11) is 0. The predicted molar refractivity (Wildman–Crippen MR) is 160 cm³/mol. The van der Waals surface area contributed by atoms with E-state index in [0.29, 0.717) is 0 Å². The van der Waals surface area contributed by atoms with Gasteiger partial charge in [0, 0.05) is 0 Å². The molecule has 0 amide bonds. The van der Waals surface area contributed by atoms with Gasteiger partial charge in [-0.3, -0.25) is 0 Å². The number of hydrogen-bond donors (Lipinski definition) is 0. The zero-order chi connectivity index (χ0) is 26.2. The number of hydrogen-bond acceptors (Lipinski definition) is 0. The summed E-state index contributed by atoms with van der Waals surface area (Å²) in [5, 5.41) is 0. The Balaban J connectivity index is 1.83. The molecule has 0 radical (unpaired) electrons. The number of fused-ring (bicyclic) bond motifs is 3. The molecule has 190 valence electrons. The Hall–Kier alpha value is -3.12. The van der Waals surface area contributed by atoms with Gasteiger partial charge in [0.05, 0.1) is 5.41 Å². The van der Waals surface area contributed by atoms with Gasteiger partial charge < -0.3 is 0 Å². The summed E-state index contributed by atoms with van der Waals surface area (Å²) in [6.45, 7) is 13.6. The van der Waals surface area contributed by atoms with Crippen molar-refractivity contribution in [2.75, 3.05) is 0 Å². The van der Waals surface area contributed by atoms with Gasteiger partial charge in [0.25, 0.3) is 0 Å². The Kier molecular flexibility index (Phi) is 7.13. The highest BCUT2D eigenvalue weighted by molar-refractivity contribution is 5.87. The summed E-state index contributed by atoms with van der Waals surface area (Å²) in [6, 6.07) is 28.8. The SMILES string of the molecule is CCCCc1ccc(C2(c3ccc(CCCC)c(C)c3)c3cc(C)ccc3-c3ccc(C)cc32)cc1C. The number of aryl methyl sites for hydroxylation is 6. The molecule has 0 aromatic heterocycles. The van der Waals surface area contributed by atoms with Crippen LogP contribution < -0.4 is 0 Å². The van der Waals surface area contributed by atoms with E-state index >= 15 is 0 Å². The van der Waals surface area contributed by atoms with E-state index < -0.39 is 0 Å². The molecule has 4 aromatic rings. The Labute approximate surface area is 224 Å². The molecule has 0 atom stereocenters. The van der Waals surface area contributed by atoms with Crippen molar-refractivity contribution in [3.63, 3.8) is 0 Å². The van der Waals surface area contributed by atoms with Gasteiger partial charge in [-0.15, -0.1) is 0 Å². The van der Waals surface area contributed by atoms with Crippen LogP contribution in [-0.2, 0) is 18.3 Å². The van der Waals surface area contributed by atoms with Gasteiger partial charge in [-0.2, -0.15) is 0 Å². The van der Waals surface area contributed by atoms with E-state index in [4.69, 9.17) is 0 Å². The lowest BCUT2D eigenvalue weighted by atomic mass is 9.66. The second-order valence-electron chi connectivity index (χ2n) is 11.3. The fraction of sp³-hybridized carbons (Fsp3) is 0.351. The van der Waals surface area contributed by atoms with Gasteiger partial charge in [-0.25, -0.2) is 0 Å². The maximum absolute atomic E-state index is 2.49. The van der Waals surface area contributed by atoms with E-state index in [1.165, 1.54) is 92.4 Å². The Bertz CT molecular complexity index is 1320. The lowest BCUT2D eigenvalue weighted by Gasteiger charge is -2.35. The zero-order valence-electron chi connectivity index (χ0n) is 23.7. The van der Waals surface area contributed by atoms with Crippen LogP contribution in [0.4, 0.5) is 0 Å². The highest BCUT2D eigenvalue weighted by Gasteiger charge is 2.46. The second-order valence-corrected chi connectivity index (χ2v) is 11.3. The molecule has 0 saturated heterocycles. The van der Waals surface area contributed by atoms with E-state index in [1.54, 1.807) is 0 Å². The van der Waals surface area contributed by atoms with Crippen molar-refractivity contribution < 1.29 is 0 Å². The zero-order valence-corrected chi connectivity index (χ0v) is 23.7. The molecule has 0 nitrogen and oxygen atoms in total. The second kappa shape index (κ2) is 10.3. The molecule has 0 saturated carbocycles. The molecule has 0 N–H and O–H groups in total. The van der Waals surface area contributed by atoms with Crippen molar-refractivity contribution in [2.45, 2.75) is 85.5 Å². The Morgan fingerprint density at radius 3 is 1.32 bits per heavy atom. The average molecular weight is 487 g/mol. The molecule has 0 bridgehead atoms. The maximum Gasteiger partial charge on any atom is 0.0713 e. The molecular weight excluding hydrogens is 444 g/mol. The van der Waals surface area contributed by atoms with E-state index in [9.17, 15) is 0 Å². The highest BCUT2D eigenvalue weighted by atomic mass is 14.5. The predicted octanol–water partition coefficient (Wildman–Crippen LogP) is 9.97. The van der Waals surface area contributed by atoms with Gasteiger partial charge in [0.2, 0.25) is 0 Å². The molecule has 37 heavy (non-hydrogen) atoms. The first kappa shape index (κ1) is 25.5. The Morgan fingerprint density at radius 2 is 0.946 bits per heavy atom. The first-order valence-corrected chi connectivity index (χ1v) is 14.3. The van der Waals surface area contributed by atoms with E-state index in [1.807, 2.05) is 0 Å². The molecule has 5 rings (SSSR count). The topological polar surface area (TPSA) is 0 Å². The average Bonchev–Trinajstić information content (AvgIpc) is 3.16. The van der Waals surface area contributed by atoms with Crippen LogP contribution >= 0.6 is 0 Å². The van der Waals surface area contributed by atoms with E-state index in [-0.39, 0.29) is 5.41 Å². The molecule has 0 fully saturated rings.